The maximum absolute atomic E-state index is 12.2. The summed E-state index contributed by atoms with van der Waals surface area (Å²) in [5.41, 5.74) is 0.204. The van der Waals surface area contributed by atoms with E-state index in [9.17, 15) is 9.59 Å². The van der Waals surface area contributed by atoms with Crippen LogP contribution in [0.25, 0.3) is 0 Å². The molecule has 1 aromatic rings. The number of urea groups is 1. The molecular formula is C14H21N3O3. The molecule has 2 amide bonds. The van der Waals surface area contributed by atoms with Crippen LogP contribution >= 0.6 is 0 Å². The summed E-state index contributed by atoms with van der Waals surface area (Å²) in [6, 6.07) is 6.86. The average Bonchev–Trinajstić information content (AvgIpc) is 2.37. The fraction of sp³-hybridized carbons (Fsp3) is 0.429. The number of likely N-dealkylation sites (N-methyl/N-ethyl adjacent to an activating group) is 1. The monoisotopic (exact) mass is 279 g/mol. The van der Waals surface area contributed by atoms with Gasteiger partial charge in [0.15, 0.2) is 0 Å². The summed E-state index contributed by atoms with van der Waals surface area (Å²) in [6.07, 6.45) is 0. The lowest BCUT2D eigenvalue weighted by Crippen LogP contribution is -2.52. The molecule has 0 fully saturated rings. The second kappa shape index (κ2) is 5.81. The number of nitrogens with one attached hydrogen (secondary N) is 1. The topological polar surface area (TPSA) is 72.9 Å². The minimum Gasteiger partial charge on any atom is -0.480 e. The predicted molar refractivity (Wildman–Crippen MR) is 79.3 cm³/mol. The van der Waals surface area contributed by atoms with Gasteiger partial charge in [0.2, 0.25) is 0 Å². The Morgan fingerprint density at radius 1 is 1.15 bits per heavy atom. The largest absolute Gasteiger partial charge is 0.480 e. The molecule has 0 spiro atoms. The molecule has 0 aliphatic carbocycles. The Morgan fingerprint density at radius 3 is 2.20 bits per heavy atom. The van der Waals surface area contributed by atoms with Gasteiger partial charge in [-0.15, -0.1) is 0 Å². The highest BCUT2D eigenvalue weighted by atomic mass is 16.4. The van der Waals surface area contributed by atoms with Gasteiger partial charge in [-0.25, -0.2) is 9.59 Å². The van der Waals surface area contributed by atoms with Crippen molar-refractivity contribution in [2.45, 2.75) is 19.4 Å². The predicted octanol–water partition coefficient (Wildman–Crippen LogP) is 2.08. The summed E-state index contributed by atoms with van der Waals surface area (Å²) in [4.78, 5) is 26.4. The number of carboxylic acid groups (broad SMARTS) is 1. The molecule has 0 radical (unpaired) electrons. The molecule has 20 heavy (non-hydrogen) atoms. The number of para-hydroxylation sites is 2. The van der Waals surface area contributed by atoms with E-state index in [4.69, 9.17) is 5.11 Å². The number of anilines is 2. The maximum Gasteiger partial charge on any atom is 0.329 e. The van der Waals surface area contributed by atoms with Crippen LogP contribution in [0.15, 0.2) is 24.3 Å². The van der Waals surface area contributed by atoms with Crippen LogP contribution < -0.4 is 10.2 Å². The van der Waals surface area contributed by atoms with Gasteiger partial charge in [0, 0.05) is 21.1 Å². The number of hydrogen-bond donors (Lipinski definition) is 2. The maximum atomic E-state index is 12.2. The number of amides is 2. The van der Waals surface area contributed by atoms with Gasteiger partial charge in [-0.05, 0) is 26.0 Å². The van der Waals surface area contributed by atoms with Crippen molar-refractivity contribution in [2.75, 3.05) is 31.4 Å². The fourth-order valence-corrected chi connectivity index (χ4v) is 1.57. The first kappa shape index (κ1) is 15.8. The van der Waals surface area contributed by atoms with E-state index in [1.165, 1.54) is 25.8 Å². The smallest absolute Gasteiger partial charge is 0.329 e. The molecule has 0 unspecified atom stereocenters. The quantitative estimate of drug-likeness (QED) is 0.885. The highest BCUT2D eigenvalue weighted by Gasteiger charge is 2.35. The van der Waals surface area contributed by atoms with Crippen molar-refractivity contribution in [3.05, 3.63) is 24.3 Å². The van der Waals surface area contributed by atoms with E-state index in [-0.39, 0.29) is 0 Å². The van der Waals surface area contributed by atoms with Crippen LogP contribution in [0.3, 0.4) is 0 Å². The fourth-order valence-electron chi connectivity index (χ4n) is 1.57. The highest BCUT2D eigenvalue weighted by molar-refractivity contribution is 5.96. The number of nitrogens with zero attached hydrogens (tertiary/aromatic N) is 2. The Balaban J connectivity index is 2.95. The Bertz CT molecular complexity index is 512. The van der Waals surface area contributed by atoms with Gasteiger partial charge >= 0.3 is 12.0 Å². The molecular weight excluding hydrogens is 258 g/mol. The highest BCUT2D eigenvalue weighted by Crippen LogP contribution is 2.24. The van der Waals surface area contributed by atoms with Crippen molar-refractivity contribution in [3.8, 4) is 0 Å². The second-order valence-corrected chi connectivity index (χ2v) is 5.26. The first-order valence-electron chi connectivity index (χ1n) is 6.22. The van der Waals surface area contributed by atoms with Crippen LogP contribution in [0, 0.1) is 0 Å². The number of aliphatic carboxylic acids is 1. The second-order valence-electron chi connectivity index (χ2n) is 5.26. The number of carbonyl (C=O) groups is 2. The van der Waals surface area contributed by atoms with E-state index >= 15 is 0 Å². The first-order chi connectivity index (χ1) is 9.17. The van der Waals surface area contributed by atoms with E-state index in [1.807, 2.05) is 37.2 Å². The van der Waals surface area contributed by atoms with E-state index < -0.39 is 17.5 Å². The van der Waals surface area contributed by atoms with E-state index in [0.717, 1.165) is 5.69 Å². The van der Waals surface area contributed by atoms with Crippen LogP contribution in [0.1, 0.15) is 13.8 Å². The van der Waals surface area contributed by atoms with Crippen LogP contribution in [-0.4, -0.2) is 48.7 Å². The molecule has 0 aliphatic rings. The Morgan fingerprint density at radius 2 is 1.70 bits per heavy atom. The van der Waals surface area contributed by atoms with Gasteiger partial charge in [0.1, 0.15) is 5.54 Å². The Hall–Kier alpha value is -2.24. The van der Waals surface area contributed by atoms with Crippen LogP contribution in [0.5, 0.6) is 0 Å². The van der Waals surface area contributed by atoms with Crippen molar-refractivity contribution in [2.24, 2.45) is 0 Å². The molecule has 0 bridgehead atoms. The summed E-state index contributed by atoms with van der Waals surface area (Å²) in [7, 11) is 5.20. The Kier molecular flexibility index (Phi) is 4.60. The van der Waals surface area contributed by atoms with Crippen LogP contribution in [-0.2, 0) is 4.79 Å². The van der Waals surface area contributed by atoms with Gasteiger partial charge < -0.3 is 20.2 Å². The molecule has 0 aromatic heterocycles. The lowest BCUT2D eigenvalue weighted by Gasteiger charge is -2.32. The van der Waals surface area contributed by atoms with Crippen LogP contribution in [0.4, 0.5) is 16.2 Å². The number of rotatable bonds is 4. The minimum absolute atomic E-state index is 0.466. The van der Waals surface area contributed by atoms with Crippen molar-refractivity contribution in [1.82, 2.24) is 4.90 Å². The third-order valence-corrected chi connectivity index (χ3v) is 3.29. The molecule has 0 atom stereocenters. The molecule has 1 aromatic carbocycles. The zero-order valence-corrected chi connectivity index (χ0v) is 12.5. The molecule has 6 heteroatoms. The molecule has 0 saturated heterocycles. The van der Waals surface area contributed by atoms with E-state index in [2.05, 4.69) is 5.32 Å². The number of carbonyl (C=O) groups excluding carboxylic acids is 1. The minimum atomic E-state index is -1.28. The van der Waals surface area contributed by atoms with Gasteiger partial charge in [-0.3, -0.25) is 0 Å². The van der Waals surface area contributed by atoms with E-state index in [0.29, 0.717) is 5.69 Å². The van der Waals surface area contributed by atoms with E-state index in [1.54, 1.807) is 6.07 Å². The lowest BCUT2D eigenvalue weighted by atomic mass is 10.1. The summed E-state index contributed by atoms with van der Waals surface area (Å²) in [5, 5.41) is 11.9. The zero-order valence-electron chi connectivity index (χ0n) is 12.5. The SMILES string of the molecule is CN(C)c1ccccc1NC(=O)N(C)C(C)(C)C(=O)O. The summed E-state index contributed by atoms with van der Waals surface area (Å²) >= 11 is 0. The van der Waals surface area contributed by atoms with Crippen molar-refractivity contribution >= 4 is 23.4 Å². The number of hydrogen-bond acceptors (Lipinski definition) is 3. The third-order valence-electron chi connectivity index (χ3n) is 3.29. The lowest BCUT2D eigenvalue weighted by molar-refractivity contribution is -0.146. The summed E-state index contributed by atoms with van der Waals surface area (Å²) in [5.74, 6) is -1.06. The van der Waals surface area contributed by atoms with Crippen LogP contribution in [0.2, 0.25) is 0 Å². The molecule has 2 N–H and O–H groups in total. The van der Waals surface area contributed by atoms with Gasteiger partial charge in [0.25, 0.3) is 0 Å². The summed E-state index contributed by atoms with van der Waals surface area (Å²) < 4.78 is 0. The molecule has 6 nitrogen and oxygen atoms in total. The number of benzene rings is 1. The molecule has 0 aliphatic heterocycles. The standard InChI is InChI=1S/C14H21N3O3/c1-14(2,12(18)19)17(5)13(20)15-10-8-6-7-9-11(10)16(3)4/h6-9H,1-5H3,(H,15,20)(H,18,19). The van der Waals surface area contributed by atoms with Gasteiger partial charge in [0.05, 0.1) is 11.4 Å². The van der Waals surface area contributed by atoms with Crippen molar-refractivity contribution in [1.29, 1.82) is 0 Å². The zero-order chi connectivity index (χ0) is 15.5. The normalized spacial score (nSPS) is 10.8. The average molecular weight is 279 g/mol. The summed E-state index contributed by atoms with van der Waals surface area (Å²) in [6.45, 7) is 2.96. The molecule has 110 valence electrons. The van der Waals surface area contributed by atoms with Gasteiger partial charge in [-0.2, -0.15) is 0 Å². The van der Waals surface area contributed by atoms with Crippen molar-refractivity contribution < 1.29 is 14.7 Å². The Labute approximate surface area is 119 Å². The molecule has 0 saturated carbocycles. The molecule has 1 rings (SSSR count). The van der Waals surface area contributed by atoms with Gasteiger partial charge in [-0.1, -0.05) is 12.1 Å². The molecule has 0 heterocycles. The van der Waals surface area contributed by atoms with Crippen molar-refractivity contribution in [3.63, 3.8) is 0 Å². The first-order valence-corrected chi connectivity index (χ1v) is 6.22. The third kappa shape index (κ3) is 3.20. The number of carboxylic acids is 1.